The van der Waals surface area contributed by atoms with Crippen LogP contribution in [-0.2, 0) is 11.2 Å². The Kier molecular flexibility index (Phi) is 5.72. The van der Waals surface area contributed by atoms with Gasteiger partial charge in [0, 0.05) is 17.6 Å². The normalized spacial score (nSPS) is 12.6. The van der Waals surface area contributed by atoms with E-state index in [9.17, 15) is 9.90 Å². The van der Waals surface area contributed by atoms with E-state index in [1.165, 1.54) is 0 Å². The Morgan fingerprint density at radius 3 is 2.65 bits per heavy atom. The van der Waals surface area contributed by atoms with Gasteiger partial charge in [-0.3, -0.25) is 9.78 Å². The maximum atomic E-state index is 12.2. The van der Waals surface area contributed by atoms with Gasteiger partial charge in [-0.15, -0.1) is 0 Å². The molecule has 0 fully saturated rings. The largest absolute Gasteiger partial charge is 0.393 e. The van der Waals surface area contributed by atoms with Crippen molar-refractivity contribution < 1.29 is 9.90 Å². The second kappa shape index (κ2) is 7.55. The summed E-state index contributed by atoms with van der Waals surface area (Å²) in [5.41, 5.74) is 3.97. The Hall–Kier alpha value is -1.94. The van der Waals surface area contributed by atoms with Crippen molar-refractivity contribution in [2.45, 2.75) is 46.6 Å². The summed E-state index contributed by atoms with van der Waals surface area (Å²) < 4.78 is 0. The number of aryl methyl sites for hydroxylation is 2. The predicted octanol–water partition coefficient (Wildman–Crippen LogP) is 2.92. The number of carbonyl (C=O) groups is 1. The van der Waals surface area contributed by atoms with E-state index in [0.717, 1.165) is 27.7 Å². The first-order chi connectivity index (χ1) is 10.9. The van der Waals surface area contributed by atoms with Crippen molar-refractivity contribution in [1.82, 2.24) is 10.3 Å². The molecule has 0 aliphatic heterocycles. The number of benzene rings is 1. The molecule has 1 aromatic carbocycles. The van der Waals surface area contributed by atoms with E-state index in [1.807, 2.05) is 52.0 Å². The molecule has 0 saturated carbocycles. The molecule has 23 heavy (non-hydrogen) atoms. The van der Waals surface area contributed by atoms with E-state index in [-0.39, 0.29) is 17.9 Å². The molecule has 0 bridgehead atoms. The molecular formula is C19H26N2O2. The minimum atomic E-state index is -0.374. The highest BCUT2D eigenvalue weighted by molar-refractivity contribution is 5.86. The molecule has 2 aromatic rings. The first-order valence-corrected chi connectivity index (χ1v) is 8.19. The third-order valence-corrected chi connectivity index (χ3v) is 4.35. The third kappa shape index (κ3) is 4.29. The number of pyridine rings is 1. The van der Waals surface area contributed by atoms with E-state index in [2.05, 4.69) is 10.3 Å². The van der Waals surface area contributed by atoms with Gasteiger partial charge < -0.3 is 10.4 Å². The summed E-state index contributed by atoms with van der Waals surface area (Å²) in [5.74, 6) is 0.185. The number of amides is 1. The number of aliphatic hydroxyl groups excluding tert-OH is 1. The molecule has 0 spiro atoms. The van der Waals surface area contributed by atoms with E-state index in [1.54, 1.807) is 0 Å². The quantitative estimate of drug-likeness (QED) is 0.862. The lowest BCUT2D eigenvalue weighted by molar-refractivity contribution is -0.120. The number of aromatic nitrogens is 1. The Morgan fingerprint density at radius 2 is 1.96 bits per heavy atom. The van der Waals surface area contributed by atoms with E-state index in [0.29, 0.717) is 19.4 Å². The number of hydrogen-bond donors (Lipinski definition) is 2. The van der Waals surface area contributed by atoms with Gasteiger partial charge in [0.05, 0.1) is 18.0 Å². The number of hydrogen-bond acceptors (Lipinski definition) is 3. The highest BCUT2D eigenvalue weighted by atomic mass is 16.3. The fourth-order valence-electron chi connectivity index (χ4n) is 2.75. The Morgan fingerprint density at radius 1 is 1.26 bits per heavy atom. The summed E-state index contributed by atoms with van der Waals surface area (Å²) in [5, 5.41) is 13.8. The lowest BCUT2D eigenvalue weighted by Gasteiger charge is -2.15. The molecule has 2 rings (SSSR count). The number of aliphatic hydroxyl groups is 1. The summed E-state index contributed by atoms with van der Waals surface area (Å²) in [6, 6.07) is 7.99. The molecule has 0 saturated heterocycles. The van der Waals surface area contributed by atoms with Crippen molar-refractivity contribution in [3.8, 4) is 0 Å². The Labute approximate surface area is 137 Å². The first-order valence-electron chi connectivity index (χ1n) is 8.19. The van der Waals surface area contributed by atoms with Gasteiger partial charge in [0.15, 0.2) is 0 Å². The van der Waals surface area contributed by atoms with Gasteiger partial charge in [0.2, 0.25) is 5.91 Å². The van der Waals surface area contributed by atoms with Crippen molar-refractivity contribution in [2.24, 2.45) is 5.92 Å². The van der Waals surface area contributed by atoms with Crippen LogP contribution in [0.2, 0.25) is 0 Å². The second-order valence-corrected chi connectivity index (χ2v) is 6.44. The van der Waals surface area contributed by atoms with Crippen LogP contribution < -0.4 is 5.32 Å². The van der Waals surface area contributed by atoms with Crippen molar-refractivity contribution in [3.05, 3.63) is 41.1 Å². The molecule has 124 valence electrons. The standard InChI is InChI=1S/C19H26N2O2/c1-12(2)18(22)9-10-20-19(23)11-16-13(3)15-7-5-6-8-17(15)21-14(16)4/h5-8,12,18,22H,9-11H2,1-4H3,(H,20,23). The van der Waals surface area contributed by atoms with E-state index >= 15 is 0 Å². The highest BCUT2D eigenvalue weighted by Crippen LogP contribution is 2.22. The molecule has 1 unspecified atom stereocenters. The molecule has 1 atom stereocenters. The molecule has 0 aliphatic rings. The lowest BCUT2D eigenvalue weighted by Crippen LogP contribution is -2.30. The first kappa shape index (κ1) is 17.4. The summed E-state index contributed by atoms with van der Waals surface area (Å²) in [6.45, 7) is 8.43. The van der Waals surface area contributed by atoms with Crippen LogP contribution in [0.5, 0.6) is 0 Å². The Balaban J connectivity index is 2.05. The average molecular weight is 314 g/mol. The number of nitrogens with zero attached hydrogens (tertiary/aromatic N) is 1. The van der Waals surface area contributed by atoms with Gasteiger partial charge in [0.1, 0.15) is 0 Å². The predicted molar refractivity (Wildman–Crippen MR) is 93.4 cm³/mol. The topological polar surface area (TPSA) is 62.2 Å². The molecule has 0 aliphatic carbocycles. The van der Waals surface area contributed by atoms with Crippen LogP contribution in [-0.4, -0.2) is 28.6 Å². The van der Waals surface area contributed by atoms with Crippen LogP contribution in [0, 0.1) is 19.8 Å². The van der Waals surface area contributed by atoms with Gasteiger partial charge in [-0.25, -0.2) is 0 Å². The zero-order chi connectivity index (χ0) is 17.0. The number of fused-ring (bicyclic) bond motifs is 1. The van der Waals surface area contributed by atoms with Gasteiger partial charge in [0.25, 0.3) is 0 Å². The average Bonchev–Trinajstić information content (AvgIpc) is 2.51. The second-order valence-electron chi connectivity index (χ2n) is 6.44. The van der Waals surface area contributed by atoms with Gasteiger partial charge in [-0.1, -0.05) is 32.0 Å². The minimum absolute atomic E-state index is 0.0239. The fraction of sp³-hybridized carbons (Fsp3) is 0.474. The van der Waals surface area contributed by atoms with Crippen molar-refractivity contribution in [2.75, 3.05) is 6.54 Å². The van der Waals surface area contributed by atoms with Crippen molar-refractivity contribution in [1.29, 1.82) is 0 Å². The molecule has 1 heterocycles. The molecule has 4 nitrogen and oxygen atoms in total. The maximum Gasteiger partial charge on any atom is 0.224 e. The van der Waals surface area contributed by atoms with Gasteiger partial charge in [-0.2, -0.15) is 0 Å². The maximum absolute atomic E-state index is 12.2. The highest BCUT2D eigenvalue weighted by Gasteiger charge is 2.14. The number of nitrogens with one attached hydrogen (secondary N) is 1. The van der Waals surface area contributed by atoms with E-state index < -0.39 is 0 Å². The summed E-state index contributed by atoms with van der Waals surface area (Å²) >= 11 is 0. The van der Waals surface area contributed by atoms with Crippen LogP contribution >= 0.6 is 0 Å². The number of carbonyl (C=O) groups excluding carboxylic acids is 1. The van der Waals surface area contributed by atoms with E-state index in [4.69, 9.17) is 0 Å². The Bertz CT molecular complexity index is 695. The van der Waals surface area contributed by atoms with Crippen LogP contribution in [0.25, 0.3) is 10.9 Å². The molecular weight excluding hydrogens is 288 g/mol. The SMILES string of the molecule is Cc1nc2ccccc2c(C)c1CC(=O)NCCC(O)C(C)C. The number of para-hydroxylation sites is 1. The van der Waals surface area contributed by atoms with Crippen LogP contribution in [0.3, 0.4) is 0 Å². The van der Waals surface area contributed by atoms with Crippen LogP contribution in [0.1, 0.15) is 37.1 Å². The monoisotopic (exact) mass is 314 g/mol. The summed E-state index contributed by atoms with van der Waals surface area (Å²) in [4.78, 5) is 16.8. The van der Waals surface area contributed by atoms with Gasteiger partial charge >= 0.3 is 0 Å². The third-order valence-electron chi connectivity index (χ3n) is 4.35. The van der Waals surface area contributed by atoms with Gasteiger partial charge in [-0.05, 0) is 43.4 Å². The lowest BCUT2D eigenvalue weighted by atomic mass is 9.99. The molecule has 2 N–H and O–H groups in total. The molecule has 0 radical (unpaired) electrons. The molecule has 1 amide bonds. The molecule has 4 heteroatoms. The summed E-state index contributed by atoms with van der Waals surface area (Å²) in [7, 11) is 0. The van der Waals surface area contributed by atoms with Crippen LogP contribution in [0.15, 0.2) is 24.3 Å². The zero-order valence-electron chi connectivity index (χ0n) is 14.4. The summed E-state index contributed by atoms with van der Waals surface area (Å²) in [6.07, 6.45) is 0.533. The minimum Gasteiger partial charge on any atom is -0.393 e. The number of rotatable bonds is 6. The van der Waals surface area contributed by atoms with Crippen molar-refractivity contribution >= 4 is 16.8 Å². The molecule has 1 aromatic heterocycles. The zero-order valence-corrected chi connectivity index (χ0v) is 14.4. The van der Waals surface area contributed by atoms with Crippen LogP contribution in [0.4, 0.5) is 0 Å². The van der Waals surface area contributed by atoms with Crippen molar-refractivity contribution in [3.63, 3.8) is 0 Å². The smallest absolute Gasteiger partial charge is 0.224 e. The fourth-order valence-corrected chi connectivity index (χ4v) is 2.75.